The maximum atomic E-state index is 10.9. The van der Waals surface area contributed by atoms with Gasteiger partial charge in [-0.25, -0.2) is 5.84 Å². The molecule has 0 atom stereocenters. The average molecular weight is 246 g/mol. The predicted octanol–water partition coefficient (Wildman–Crippen LogP) is 1.58. The second kappa shape index (κ2) is 8.06. The third kappa shape index (κ3) is 5.23. The average Bonchev–Trinajstić information content (AvgIpc) is 2.29. The molecule has 0 heterocycles. The minimum absolute atomic E-state index is 0.194. The third-order valence-corrected chi connectivity index (χ3v) is 1.38. The Hall–Kier alpha value is -1.28. The monoisotopic (exact) mass is 245 g/mol. The van der Waals surface area contributed by atoms with Crippen LogP contribution in [0.3, 0.4) is 0 Å². The number of hydrazine groups is 1. The van der Waals surface area contributed by atoms with Crippen LogP contribution >= 0.6 is 23.2 Å². The van der Waals surface area contributed by atoms with E-state index in [2.05, 4.69) is 0 Å². The summed E-state index contributed by atoms with van der Waals surface area (Å²) in [5.74, 6) is 4.52. The number of nitrogens with two attached hydrogens (primary N) is 1. The number of amides is 1. The summed E-state index contributed by atoms with van der Waals surface area (Å²) in [5.41, 5.74) is 2.81. The number of nitrogens with one attached hydrogen (secondary N) is 1. The lowest BCUT2D eigenvalue weighted by Gasteiger charge is -1.97. The summed E-state index contributed by atoms with van der Waals surface area (Å²) in [6.07, 6.45) is 0. The van der Waals surface area contributed by atoms with Crippen molar-refractivity contribution in [1.82, 2.24) is 5.43 Å². The van der Waals surface area contributed by atoms with E-state index in [-0.39, 0.29) is 5.34 Å². The molecule has 0 saturated carbocycles. The van der Waals surface area contributed by atoms with Crippen LogP contribution in [0, 0.1) is 11.3 Å². The van der Waals surface area contributed by atoms with Gasteiger partial charge in [0.15, 0.2) is 0 Å². The van der Waals surface area contributed by atoms with Gasteiger partial charge in [0.05, 0.1) is 17.0 Å². The van der Waals surface area contributed by atoms with Gasteiger partial charge < -0.3 is 0 Å². The number of nitriles is 1. The quantitative estimate of drug-likeness (QED) is 0.341. The number of benzene rings is 1. The number of alkyl halides is 2. The lowest BCUT2D eigenvalue weighted by molar-refractivity contribution is 0.0953. The fourth-order valence-corrected chi connectivity index (χ4v) is 0.813. The van der Waals surface area contributed by atoms with E-state index < -0.39 is 5.91 Å². The van der Waals surface area contributed by atoms with Crippen LogP contribution in [0.1, 0.15) is 15.9 Å². The molecule has 4 nitrogen and oxygen atoms in total. The minimum atomic E-state index is -0.396. The molecule has 80 valence electrons. The number of carbonyl (C=O) groups excluding carboxylic acids is 1. The molecule has 3 N–H and O–H groups in total. The van der Waals surface area contributed by atoms with E-state index in [1.807, 2.05) is 11.5 Å². The fourth-order valence-electron chi connectivity index (χ4n) is 0.813. The van der Waals surface area contributed by atoms with Crippen molar-refractivity contribution in [2.24, 2.45) is 5.84 Å². The zero-order chi connectivity index (χ0) is 11.7. The second-order valence-electron chi connectivity index (χ2n) is 2.27. The van der Waals surface area contributed by atoms with Gasteiger partial charge in [-0.1, -0.05) is 6.07 Å². The van der Waals surface area contributed by atoms with Crippen LogP contribution in [0.25, 0.3) is 0 Å². The molecular formula is C9H9Cl2N3O. The number of rotatable bonds is 1. The van der Waals surface area contributed by atoms with Crippen molar-refractivity contribution in [2.75, 3.05) is 5.34 Å². The zero-order valence-electron chi connectivity index (χ0n) is 7.71. The summed E-state index contributed by atoms with van der Waals surface area (Å²) in [7, 11) is 0. The summed E-state index contributed by atoms with van der Waals surface area (Å²) in [4.78, 5) is 10.9. The summed E-state index contributed by atoms with van der Waals surface area (Å²) in [5, 5.41) is 8.70. The zero-order valence-corrected chi connectivity index (χ0v) is 9.22. The molecule has 0 fully saturated rings. The highest BCUT2D eigenvalue weighted by molar-refractivity contribution is 6.40. The second-order valence-corrected chi connectivity index (χ2v) is 3.08. The highest BCUT2D eigenvalue weighted by Gasteiger charge is 2.02. The molecule has 0 spiro atoms. The van der Waals surface area contributed by atoms with Crippen molar-refractivity contribution in [2.45, 2.75) is 0 Å². The maximum absolute atomic E-state index is 10.9. The molecule has 0 unspecified atom stereocenters. The minimum Gasteiger partial charge on any atom is -0.290 e. The van der Waals surface area contributed by atoms with Gasteiger partial charge in [-0.2, -0.15) is 5.26 Å². The van der Waals surface area contributed by atoms with Crippen LogP contribution in [0.2, 0.25) is 0 Å². The van der Waals surface area contributed by atoms with Crippen molar-refractivity contribution in [3.63, 3.8) is 0 Å². The van der Waals surface area contributed by atoms with E-state index in [0.717, 1.165) is 0 Å². The molecule has 1 rings (SSSR count). The Morgan fingerprint density at radius 1 is 1.53 bits per heavy atom. The van der Waals surface area contributed by atoms with E-state index in [0.29, 0.717) is 11.1 Å². The normalized spacial score (nSPS) is 8.13. The molecule has 1 amide bonds. The van der Waals surface area contributed by atoms with E-state index in [1.54, 1.807) is 18.2 Å². The Morgan fingerprint density at radius 3 is 2.60 bits per heavy atom. The standard InChI is InChI=1S/C8H7N3O.CH2Cl2/c9-5-6-2-1-3-7(4-6)8(12)11-10;2-1-3/h1-4H,10H2,(H,11,12);1H2. The first-order chi connectivity index (χ1) is 7.19. The Labute approximate surface area is 97.6 Å². The summed E-state index contributed by atoms with van der Waals surface area (Å²) < 4.78 is 0. The Balaban J connectivity index is 0.000000583. The largest absolute Gasteiger partial charge is 0.290 e. The van der Waals surface area contributed by atoms with Gasteiger partial charge >= 0.3 is 0 Å². The summed E-state index contributed by atoms with van der Waals surface area (Å²) in [6.45, 7) is 0. The number of halogens is 2. The lowest BCUT2D eigenvalue weighted by Crippen LogP contribution is -2.29. The Morgan fingerprint density at radius 2 is 2.13 bits per heavy atom. The summed E-state index contributed by atoms with van der Waals surface area (Å²) in [6, 6.07) is 8.23. The van der Waals surface area contributed by atoms with Gasteiger partial charge in [-0.05, 0) is 18.2 Å². The molecule has 0 aliphatic carbocycles. The van der Waals surface area contributed by atoms with Crippen molar-refractivity contribution in [1.29, 1.82) is 5.26 Å². The predicted molar refractivity (Wildman–Crippen MR) is 59.4 cm³/mol. The van der Waals surface area contributed by atoms with Gasteiger partial charge in [0.25, 0.3) is 5.91 Å². The van der Waals surface area contributed by atoms with E-state index in [1.165, 1.54) is 6.07 Å². The van der Waals surface area contributed by atoms with Crippen LogP contribution in [-0.2, 0) is 0 Å². The number of nitrogens with zero attached hydrogens (tertiary/aromatic N) is 1. The first-order valence-electron chi connectivity index (χ1n) is 3.82. The Kier molecular flexibility index (Phi) is 7.38. The van der Waals surface area contributed by atoms with Crippen molar-refractivity contribution in [3.05, 3.63) is 35.4 Å². The summed E-state index contributed by atoms with van der Waals surface area (Å²) >= 11 is 9.53. The SMILES string of the molecule is ClCCl.N#Cc1cccc(C(=O)NN)c1. The van der Waals surface area contributed by atoms with Crippen molar-refractivity contribution in [3.8, 4) is 6.07 Å². The molecule has 1 aromatic rings. The number of nitrogen functional groups attached to an aromatic ring is 1. The first-order valence-corrected chi connectivity index (χ1v) is 4.89. The van der Waals surface area contributed by atoms with Crippen molar-refractivity contribution < 1.29 is 4.79 Å². The molecule has 1 aromatic carbocycles. The Bertz CT molecular complexity index is 363. The molecule has 0 aliphatic rings. The smallest absolute Gasteiger partial charge is 0.265 e. The van der Waals surface area contributed by atoms with Gasteiger partial charge in [0.1, 0.15) is 0 Å². The molecule has 0 aliphatic heterocycles. The van der Waals surface area contributed by atoms with Crippen LogP contribution in [0.15, 0.2) is 24.3 Å². The van der Waals surface area contributed by atoms with Gasteiger partial charge in [0, 0.05) is 5.56 Å². The van der Waals surface area contributed by atoms with Crippen LogP contribution in [0.4, 0.5) is 0 Å². The molecule has 0 saturated heterocycles. The van der Waals surface area contributed by atoms with E-state index in [9.17, 15) is 4.79 Å². The highest BCUT2D eigenvalue weighted by Crippen LogP contribution is 2.02. The van der Waals surface area contributed by atoms with Crippen molar-refractivity contribution >= 4 is 29.1 Å². The van der Waals surface area contributed by atoms with Gasteiger partial charge in [-0.3, -0.25) is 10.2 Å². The molecule has 0 aromatic heterocycles. The van der Waals surface area contributed by atoms with Gasteiger partial charge in [-0.15, -0.1) is 23.2 Å². The van der Waals surface area contributed by atoms with Crippen LogP contribution in [-0.4, -0.2) is 11.2 Å². The molecule has 0 bridgehead atoms. The van der Waals surface area contributed by atoms with Crippen LogP contribution < -0.4 is 11.3 Å². The molecule has 6 heteroatoms. The van der Waals surface area contributed by atoms with E-state index >= 15 is 0 Å². The fraction of sp³-hybridized carbons (Fsp3) is 0.111. The van der Waals surface area contributed by atoms with Gasteiger partial charge in [0.2, 0.25) is 0 Å². The molecular weight excluding hydrogens is 237 g/mol. The van der Waals surface area contributed by atoms with E-state index in [4.69, 9.17) is 34.3 Å². The molecule has 15 heavy (non-hydrogen) atoms. The lowest BCUT2D eigenvalue weighted by atomic mass is 10.1. The maximum Gasteiger partial charge on any atom is 0.265 e. The topological polar surface area (TPSA) is 78.9 Å². The molecule has 0 radical (unpaired) electrons. The number of hydrogen-bond donors (Lipinski definition) is 2. The van der Waals surface area contributed by atoms with Crippen LogP contribution in [0.5, 0.6) is 0 Å². The number of hydrogen-bond acceptors (Lipinski definition) is 3. The first kappa shape index (κ1) is 13.7. The third-order valence-electron chi connectivity index (χ3n) is 1.38. The number of carbonyl (C=O) groups is 1. The highest BCUT2D eigenvalue weighted by atomic mass is 35.5.